The van der Waals surface area contributed by atoms with Crippen molar-refractivity contribution in [1.82, 2.24) is 9.78 Å². The van der Waals surface area contributed by atoms with E-state index in [-0.39, 0.29) is 0 Å². The van der Waals surface area contributed by atoms with E-state index in [1.165, 1.54) is 6.07 Å². The van der Waals surface area contributed by atoms with Gasteiger partial charge in [-0.3, -0.25) is 0 Å². The number of halogens is 3. The zero-order chi connectivity index (χ0) is 15.1. The highest BCUT2D eigenvalue weighted by Crippen LogP contribution is 2.37. The minimum atomic E-state index is -4.89. The molecule has 1 heterocycles. The Morgan fingerprint density at radius 3 is 2.40 bits per heavy atom. The first-order valence-corrected chi connectivity index (χ1v) is 5.48. The number of rotatable bonds is 2. The van der Waals surface area contributed by atoms with Gasteiger partial charge >= 0.3 is 12.1 Å². The molecular weight excluding hydrogens is 275 g/mol. The van der Waals surface area contributed by atoms with Crippen LogP contribution in [0.4, 0.5) is 19.0 Å². The molecule has 0 radical (unpaired) electrons. The lowest BCUT2D eigenvalue weighted by atomic mass is 10.2. The average molecular weight is 285 g/mol. The number of nitrogens with zero attached hydrogens (tertiary/aromatic N) is 2. The SMILES string of the molecule is Cc1ccccc1-n1nc(C(=O)O)c(C(F)(F)F)c1N. The fraction of sp³-hybridized carbons (Fsp3) is 0.167. The lowest BCUT2D eigenvalue weighted by Crippen LogP contribution is -2.13. The quantitative estimate of drug-likeness (QED) is 0.888. The number of hydrogen-bond acceptors (Lipinski definition) is 3. The third-order valence-corrected chi connectivity index (χ3v) is 2.75. The molecular formula is C12H10F3N3O2. The summed E-state index contributed by atoms with van der Waals surface area (Å²) in [5, 5.41) is 12.3. The van der Waals surface area contributed by atoms with Gasteiger partial charge in [0.05, 0.1) is 5.69 Å². The number of aromatic carboxylic acids is 1. The summed E-state index contributed by atoms with van der Waals surface area (Å²) in [5.41, 5.74) is 3.81. The van der Waals surface area contributed by atoms with Gasteiger partial charge in [-0.25, -0.2) is 9.48 Å². The summed E-state index contributed by atoms with van der Waals surface area (Å²) in [4.78, 5) is 10.9. The van der Waals surface area contributed by atoms with Crippen molar-refractivity contribution < 1.29 is 23.1 Å². The smallest absolute Gasteiger partial charge is 0.422 e. The summed E-state index contributed by atoms with van der Waals surface area (Å²) < 4.78 is 39.5. The molecule has 8 heteroatoms. The molecule has 0 amide bonds. The number of aromatic nitrogens is 2. The Morgan fingerprint density at radius 1 is 1.35 bits per heavy atom. The molecule has 0 aliphatic rings. The second-order valence-corrected chi connectivity index (χ2v) is 4.11. The first kappa shape index (κ1) is 13.9. The van der Waals surface area contributed by atoms with Crippen LogP contribution in [0.25, 0.3) is 5.69 Å². The third kappa shape index (κ3) is 2.20. The number of para-hydroxylation sites is 1. The maximum Gasteiger partial charge on any atom is 0.422 e. The Hall–Kier alpha value is -2.51. The van der Waals surface area contributed by atoms with Crippen molar-refractivity contribution in [3.05, 3.63) is 41.1 Å². The molecule has 0 saturated carbocycles. The van der Waals surface area contributed by atoms with Crippen LogP contribution in [0.1, 0.15) is 21.6 Å². The van der Waals surface area contributed by atoms with E-state index >= 15 is 0 Å². The molecule has 0 spiro atoms. The number of nitrogens with two attached hydrogens (primary N) is 1. The van der Waals surface area contributed by atoms with Crippen LogP contribution >= 0.6 is 0 Å². The van der Waals surface area contributed by atoms with Crippen molar-refractivity contribution in [2.24, 2.45) is 0 Å². The van der Waals surface area contributed by atoms with Gasteiger partial charge in [0.2, 0.25) is 0 Å². The second-order valence-electron chi connectivity index (χ2n) is 4.11. The maximum absolute atomic E-state index is 12.9. The summed E-state index contributed by atoms with van der Waals surface area (Å²) in [6, 6.07) is 6.45. The van der Waals surface area contributed by atoms with E-state index in [0.29, 0.717) is 11.3 Å². The Labute approximate surface area is 111 Å². The standard InChI is InChI=1S/C12H10F3N3O2/c1-6-4-2-3-5-7(6)18-10(16)8(12(13,14)15)9(17-18)11(19)20/h2-5H,16H2,1H3,(H,19,20). The highest BCUT2D eigenvalue weighted by molar-refractivity contribution is 5.89. The van der Waals surface area contributed by atoms with Crippen LogP contribution in [0.3, 0.4) is 0 Å². The minimum Gasteiger partial charge on any atom is -0.476 e. The van der Waals surface area contributed by atoms with Crippen LogP contribution in [0.2, 0.25) is 0 Å². The molecule has 0 aliphatic heterocycles. The number of carboxylic acid groups (broad SMARTS) is 1. The molecule has 0 unspecified atom stereocenters. The zero-order valence-electron chi connectivity index (χ0n) is 10.3. The van der Waals surface area contributed by atoms with Gasteiger partial charge in [-0.2, -0.15) is 18.3 Å². The Morgan fingerprint density at radius 2 is 1.95 bits per heavy atom. The summed E-state index contributed by atoms with van der Waals surface area (Å²) in [6.07, 6.45) is -4.89. The molecule has 0 atom stereocenters. The summed E-state index contributed by atoms with van der Waals surface area (Å²) in [6.45, 7) is 1.66. The molecule has 0 saturated heterocycles. The highest BCUT2D eigenvalue weighted by Gasteiger charge is 2.42. The van der Waals surface area contributed by atoms with E-state index < -0.39 is 29.2 Å². The molecule has 2 aromatic rings. The molecule has 0 aliphatic carbocycles. The molecule has 5 nitrogen and oxygen atoms in total. The number of carboxylic acids is 1. The van der Waals surface area contributed by atoms with Gasteiger partial charge in [-0.05, 0) is 18.6 Å². The summed E-state index contributed by atoms with van der Waals surface area (Å²) in [7, 11) is 0. The highest BCUT2D eigenvalue weighted by atomic mass is 19.4. The van der Waals surface area contributed by atoms with Gasteiger partial charge in [0.15, 0.2) is 5.69 Å². The number of anilines is 1. The predicted molar refractivity (Wildman–Crippen MR) is 64.7 cm³/mol. The number of nitrogen functional groups attached to an aromatic ring is 1. The van der Waals surface area contributed by atoms with Gasteiger partial charge in [0.25, 0.3) is 0 Å². The zero-order valence-corrected chi connectivity index (χ0v) is 10.3. The normalized spacial score (nSPS) is 11.6. The van der Waals surface area contributed by atoms with E-state index in [1.54, 1.807) is 25.1 Å². The van der Waals surface area contributed by atoms with E-state index in [9.17, 15) is 18.0 Å². The predicted octanol–water partition coefficient (Wildman–Crippen LogP) is 2.48. The third-order valence-electron chi connectivity index (χ3n) is 2.75. The fourth-order valence-corrected chi connectivity index (χ4v) is 1.84. The lowest BCUT2D eigenvalue weighted by Gasteiger charge is -2.09. The summed E-state index contributed by atoms with van der Waals surface area (Å²) in [5.74, 6) is -2.53. The van der Waals surface area contributed by atoms with Crippen molar-refractivity contribution >= 4 is 11.8 Å². The lowest BCUT2D eigenvalue weighted by molar-refractivity contribution is -0.137. The molecule has 20 heavy (non-hydrogen) atoms. The number of alkyl halides is 3. The van der Waals surface area contributed by atoms with Crippen LogP contribution in [0.5, 0.6) is 0 Å². The van der Waals surface area contributed by atoms with E-state index in [1.807, 2.05) is 0 Å². The van der Waals surface area contributed by atoms with Gasteiger partial charge in [-0.1, -0.05) is 18.2 Å². The van der Waals surface area contributed by atoms with Crippen LogP contribution in [-0.4, -0.2) is 20.9 Å². The topological polar surface area (TPSA) is 81.1 Å². The molecule has 0 bridgehead atoms. The van der Waals surface area contributed by atoms with Crippen molar-refractivity contribution in [3.8, 4) is 5.69 Å². The van der Waals surface area contributed by atoms with E-state index in [4.69, 9.17) is 10.8 Å². The van der Waals surface area contributed by atoms with Crippen molar-refractivity contribution in [2.45, 2.75) is 13.1 Å². The average Bonchev–Trinajstić information content (AvgIpc) is 2.67. The number of aryl methyl sites for hydroxylation is 1. The van der Waals surface area contributed by atoms with Crippen LogP contribution < -0.4 is 5.73 Å². The minimum absolute atomic E-state index is 0.294. The van der Waals surface area contributed by atoms with Gasteiger partial charge in [-0.15, -0.1) is 0 Å². The first-order chi connectivity index (χ1) is 9.23. The Balaban J connectivity index is 2.75. The second kappa shape index (κ2) is 4.55. The van der Waals surface area contributed by atoms with E-state index in [0.717, 1.165) is 4.68 Å². The van der Waals surface area contributed by atoms with Gasteiger partial charge in [0.1, 0.15) is 11.4 Å². The summed E-state index contributed by atoms with van der Waals surface area (Å²) >= 11 is 0. The Kier molecular flexibility index (Phi) is 3.16. The monoisotopic (exact) mass is 285 g/mol. The van der Waals surface area contributed by atoms with Crippen molar-refractivity contribution in [1.29, 1.82) is 0 Å². The molecule has 3 N–H and O–H groups in total. The van der Waals surface area contributed by atoms with Gasteiger partial charge < -0.3 is 10.8 Å². The number of benzene rings is 1. The molecule has 106 valence electrons. The fourth-order valence-electron chi connectivity index (χ4n) is 1.84. The number of hydrogen-bond donors (Lipinski definition) is 2. The van der Waals surface area contributed by atoms with Crippen LogP contribution in [0.15, 0.2) is 24.3 Å². The largest absolute Gasteiger partial charge is 0.476 e. The van der Waals surface area contributed by atoms with E-state index in [2.05, 4.69) is 5.10 Å². The van der Waals surface area contributed by atoms with Crippen LogP contribution in [0, 0.1) is 6.92 Å². The first-order valence-electron chi connectivity index (χ1n) is 5.48. The Bertz CT molecular complexity index is 677. The molecule has 1 aromatic carbocycles. The van der Waals surface area contributed by atoms with Crippen molar-refractivity contribution in [3.63, 3.8) is 0 Å². The van der Waals surface area contributed by atoms with Gasteiger partial charge in [0, 0.05) is 0 Å². The number of carbonyl (C=O) groups is 1. The molecule has 2 rings (SSSR count). The van der Waals surface area contributed by atoms with Crippen molar-refractivity contribution in [2.75, 3.05) is 5.73 Å². The maximum atomic E-state index is 12.9. The van der Waals surface area contributed by atoms with Crippen LogP contribution in [-0.2, 0) is 6.18 Å². The molecule has 0 fully saturated rings. The molecule has 1 aromatic heterocycles.